The molecule has 0 radical (unpaired) electrons. The molecule has 3 N–H and O–H groups in total. The Hall–Kier alpha value is -1.08. The van der Waals surface area contributed by atoms with Crippen LogP contribution in [0, 0.1) is 11.3 Å². The van der Waals surface area contributed by atoms with Gasteiger partial charge in [0.25, 0.3) is 0 Å². The highest BCUT2D eigenvalue weighted by Gasteiger charge is 2.01. The van der Waals surface area contributed by atoms with Crippen molar-refractivity contribution in [2.45, 2.75) is 45.1 Å². The summed E-state index contributed by atoms with van der Waals surface area (Å²) in [7, 11) is 0. The van der Waals surface area contributed by atoms with Gasteiger partial charge in [-0.25, -0.2) is 0 Å². The van der Waals surface area contributed by atoms with Crippen LogP contribution in [0.1, 0.15) is 39.0 Å². The van der Waals surface area contributed by atoms with Gasteiger partial charge in [0.2, 0.25) is 5.91 Å². The predicted molar refractivity (Wildman–Crippen MR) is 55.4 cm³/mol. The summed E-state index contributed by atoms with van der Waals surface area (Å²) in [6.45, 7) is 2.56. The van der Waals surface area contributed by atoms with E-state index in [1.165, 1.54) is 0 Å². The summed E-state index contributed by atoms with van der Waals surface area (Å²) in [6, 6.07) is 2.15. The maximum absolute atomic E-state index is 11.1. The summed E-state index contributed by atoms with van der Waals surface area (Å²) in [6.07, 6.45) is 3.51. The Morgan fingerprint density at radius 1 is 1.57 bits per heavy atom. The van der Waals surface area contributed by atoms with Crippen LogP contribution in [-0.4, -0.2) is 18.5 Å². The molecule has 80 valence electrons. The second-order valence-electron chi connectivity index (χ2n) is 3.48. The van der Waals surface area contributed by atoms with Gasteiger partial charge in [0.15, 0.2) is 0 Å². The molecule has 1 amide bonds. The van der Waals surface area contributed by atoms with Crippen molar-refractivity contribution in [1.29, 1.82) is 5.26 Å². The van der Waals surface area contributed by atoms with Crippen molar-refractivity contribution in [3.05, 3.63) is 0 Å². The first kappa shape index (κ1) is 12.9. The molecule has 0 aliphatic carbocycles. The van der Waals surface area contributed by atoms with E-state index in [1.807, 2.05) is 6.92 Å². The van der Waals surface area contributed by atoms with Gasteiger partial charge in [-0.3, -0.25) is 4.79 Å². The van der Waals surface area contributed by atoms with Crippen LogP contribution in [-0.2, 0) is 4.79 Å². The predicted octanol–water partition coefficient (Wildman–Crippen LogP) is 0.924. The minimum atomic E-state index is 0.0549. The first-order chi connectivity index (χ1) is 6.66. The third kappa shape index (κ3) is 9.01. The molecule has 0 aromatic rings. The number of nitrogens with two attached hydrogens (primary N) is 1. The molecule has 4 heteroatoms. The molecule has 0 rings (SSSR count). The molecule has 14 heavy (non-hydrogen) atoms. The van der Waals surface area contributed by atoms with Crippen molar-refractivity contribution < 1.29 is 4.79 Å². The largest absolute Gasteiger partial charge is 0.356 e. The van der Waals surface area contributed by atoms with Gasteiger partial charge >= 0.3 is 0 Å². The number of hydrogen-bond donors (Lipinski definition) is 2. The second kappa shape index (κ2) is 8.52. The fourth-order valence-corrected chi connectivity index (χ4v) is 1.00. The van der Waals surface area contributed by atoms with Crippen molar-refractivity contribution >= 4 is 5.91 Å². The smallest absolute Gasteiger partial charge is 0.220 e. The average molecular weight is 197 g/mol. The van der Waals surface area contributed by atoms with Crippen molar-refractivity contribution in [2.75, 3.05) is 6.54 Å². The number of nitrogens with zero attached hydrogens (tertiary/aromatic N) is 1. The van der Waals surface area contributed by atoms with E-state index in [-0.39, 0.29) is 11.9 Å². The van der Waals surface area contributed by atoms with E-state index in [0.717, 1.165) is 19.3 Å². The van der Waals surface area contributed by atoms with E-state index in [1.54, 1.807) is 0 Å². The molecule has 0 bridgehead atoms. The van der Waals surface area contributed by atoms with Gasteiger partial charge in [-0.15, -0.1) is 0 Å². The summed E-state index contributed by atoms with van der Waals surface area (Å²) in [5, 5.41) is 11.1. The van der Waals surface area contributed by atoms with Crippen molar-refractivity contribution in [3.63, 3.8) is 0 Å². The molecule has 1 unspecified atom stereocenters. The van der Waals surface area contributed by atoms with Crippen LogP contribution in [0.5, 0.6) is 0 Å². The van der Waals surface area contributed by atoms with Crippen LogP contribution in [0.3, 0.4) is 0 Å². The normalized spacial score (nSPS) is 11.8. The SMILES string of the molecule is CC(N)CCC(=O)NCCCCC#N. The van der Waals surface area contributed by atoms with Crippen LogP contribution in [0.15, 0.2) is 0 Å². The fraction of sp³-hybridized carbons (Fsp3) is 0.800. The van der Waals surface area contributed by atoms with Gasteiger partial charge in [0, 0.05) is 25.4 Å². The Morgan fingerprint density at radius 3 is 2.86 bits per heavy atom. The number of carbonyl (C=O) groups excluding carboxylic acids is 1. The molecule has 0 fully saturated rings. The van der Waals surface area contributed by atoms with Crippen molar-refractivity contribution in [3.8, 4) is 6.07 Å². The molecule has 0 saturated heterocycles. The first-order valence-corrected chi connectivity index (χ1v) is 5.06. The van der Waals surface area contributed by atoms with E-state index in [9.17, 15) is 4.79 Å². The summed E-state index contributed by atoms with van der Waals surface area (Å²) < 4.78 is 0. The molecular formula is C10H19N3O. The summed E-state index contributed by atoms with van der Waals surface area (Å²) >= 11 is 0. The second-order valence-corrected chi connectivity index (χ2v) is 3.48. The van der Waals surface area contributed by atoms with Crippen LogP contribution in [0.4, 0.5) is 0 Å². The molecule has 1 atom stereocenters. The van der Waals surface area contributed by atoms with Gasteiger partial charge in [-0.2, -0.15) is 5.26 Å². The quantitative estimate of drug-likeness (QED) is 0.596. The molecule has 4 nitrogen and oxygen atoms in total. The van der Waals surface area contributed by atoms with E-state index >= 15 is 0 Å². The van der Waals surface area contributed by atoms with E-state index in [2.05, 4.69) is 11.4 Å². The van der Waals surface area contributed by atoms with Gasteiger partial charge in [0.05, 0.1) is 6.07 Å². The molecule has 0 spiro atoms. The van der Waals surface area contributed by atoms with Crippen LogP contribution < -0.4 is 11.1 Å². The third-order valence-corrected chi connectivity index (χ3v) is 1.86. The summed E-state index contributed by atoms with van der Waals surface area (Å²) in [5.41, 5.74) is 5.52. The molecule has 0 aliphatic heterocycles. The lowest BCUT2D eigenvalue weighted by Crippen LogP contribution is -2.26. The van der Waals surface area contributed by atoms with Crippen molar-refractivity contribution in [2.24, 2.45) is 5.73 Å². The standard InChI is InChI=1S/C10H19N3O/c1-9(12)5-6-10(14)13-8-4-2-3-7-11/h9H,2-6,8,12H2,1H3,(H,13,14). The Morgan fingerprint density at radius 2 is 2.29 bits per heavy atom. The lowest BCUT2D eigenvalue weighted by atomic mass is 10.2. The fourth-order valence-electron chi connectivity index (χ4n) is 1.00. The number of rotatable bonds is 7. The molecule has 0 aliphatic rings. The van der Waals surface area contributed by atoms with Crippen molar-refractivity contribution in [1.82, 2.24) is 5.32 Å². The first-order valence-electron chi connectivity index (χ1n) is 5.06. The van der Waals surface area contributed by atoms with Crippen LogP contribution >= 0.6 is 0 Å². The Kier molecular flexibility index (Phi) is 7.86. The number of hydrogen-bond acceptors (Lipinski definition) is 3. The maximum Gasteiger partial charge on any atom is 0.220 e. The van der Waals surface area contributed by atoms with Gasteiger partial charge < -0.3 is 11.1 Å². The molecule has 0 saturated carbocycles. The number of unbranched alkanes of at least 4 members (excludes halogenated alkanes) is 2. The monoisotopic (exact) mass is 197 g/mol. The molecular weight excluding hydrogens is 178 g/mol. The van der Waals surface area contributed by atoms with E-state index < -0.39 is 0 Å². The maximum atomic E-state index is 11.1. The Bertz CT molecular complexity index is 196. The molecule has 0 aromatic carbocycles. The Balaban J connectivity index is 3.24. The molecule has 0 aromatic heterocycles. The highest BCUT2D eigenvalue weighted by Crippen LogP contribution is 1.94. The zero-order valence-corrected chi connectivity index (χ0v) is 8.75. The van der Waals surface area contributed by atoms with Crippen LogP contribution in [0.2, 0.25) is 0 Å². The zero-order chi connectivity index (χ0) is 10.8. The average Bonchev–Trinajstić information content (AvgIpc) is 2.14. The third-order valence-electron chi connectivity index (χ3n) is 1.86. The Labute approximate surface area is 85.5 Å². The lowest BCUT2D eigenvalue weighted by Gasteiger charge is -2.05. The number of nitrogens with one attached hydrogen (secondary N) is 1. The lowest BCUT2D eigenvalue weighted by molar-refractivity contribution is -0.121. The summed E-state index contributed by atoms with van der Waals surface area (Å²) in [5.74, 6) is 0.0549. The zero-order valence-electron chi connectivity index (χ0n) is 8.75. The minimum absolute atomic E-state index is 0.0549. The topological polar surface area (TPSA) is 78.9 Å². The number of carbonyl (C=O) groups is 1. The highest BCUT2D eigenvalue weighted by atomic mass is 16.1. The van der Waals surface area contributed by atoms with Gasteiger partial charge in [-0.1, -0.05) is 0 Å². The summed E-state index contributed by atoms with van der Waals surface area (Å²) in [4.78, 5) is 11.1. The van der Waals surface area contributed by atoms with Gasteiger partial charge in [-0.05, 0) is 26.2 Å². The van der Waals surface area contributed by atoms with E-state index in [0.29, 0.717) is 19.4 Å². The van der Waals surface area contributed by atoms with E-state index in [4.69, 9.17) is 11.0 Å². The highest BCUT2D eigenvalue weighted by molar-refractivity contribution is 5.75. The number of nitriles is 1. The minimum Gasteiger partial charge on any atom is -0.356 e. The number of amides is 1. The van der Waals surface area contributed by atoms with Gasteiger partial charge in [0.1, 0.15) is 0 Å². The molecule has 0 heterocycles. The van der Waals surface area contributed by atoms with Crippen LogP contribution in [0.25, 0.3) is 0 Å².